The number of aromatic nitrogens is 1. The van der Waals surface area contributed by atoms with E-state index in [0.717, 1.165) is 4.47 Å². The number of esters is 1. The van der Waals surface area contributed by atoms with Crippen LogP contribution in [0.25, 0.3) is 0 Å². The van der Waals surface area contributed by atoms with Gasteiger partial charge < -0.3 is 14.6 Å². The Hall–Kier alpha value is -2.15. The lowest BCUT2D eigenvalue weighted by molar-refractivity contribution is -0.134. The van der Waals surface area contributed by atoms with Crippen LogP contribution in [-0.4, -0.2) is 34.9 Å². The average Bonchev–Trinajstić information content (AvgIpc) is 2.96. The first-order valence-electron chi connectivity index (χ1n) is 7.03. The van der Waals surface area contributed by atoms with Crippen molar-refractivity contribution in [3.63, 3.8) is 0 Å². The fraction of sp³-hybridized carbons (Fsp3) is 0.250. The number of benzene rings is 1. The Bertz CT molecular complexity index is 702. The molecule has 7 heteroatoms. The second-order valence-corrected chi connectivity index (χ2v) is 5.76. The summed E-state index contributed by atoms with van der Waals surface area (Å²) in [5.41, 5.74) is 0.942. The number of nitrogens with zero attached hydrogens (tertiary/aromatic N) is 1. The molecule has 0 radical (unpaired) electrons. The molecule has 1 heterocycles. The molecule has 0 atom stereocenters. The first-order valence-corrected chi connectivity index (χ1v) is 7.82. The molecule has 0 aliphatic rings. The average molecular weight is 383 g/mol. The number of ether oxygens (including phenoxy) is 1. The summed E-state index contributed by atoms with van der Waals surface area (Å²) in [6, 6.07) is 7.61. The minimum Gasteiger partial charge on any atom is -0.451 e. The number of rotatable bonds is 6. The van der Waals surface area contributed by atoms with Gasteiger partial charge in [-0.15, -0.1) is 0 Å². The highest BCUT2D eigenvalue weighted by atomic mass is 79.9. The normalized spacial score (nSPS) is 10.4. The minimum absolute atomic E-state index is 0.262. The highest BCUT2D eigenvalue weighted by molar-refractivity contribution is 9.10. The summed E-state index contributed by atoms with van der Waals surface area (Å²) in [7, 11) is 0. The molecular weight excluding hydrogens is 367 g/mol. The Balaban J connectivity index is 1.91. The topological polar surface area (TPSA) is 62.4 Å². The van der Waals surface area contributed by atoms with Gasteiger partial charge in [-0.05, 0) is 46.6 Å². The molecule has 0 unspecified atom stereocenters. The van der Waals surface area contributed by atoms with E-state index in [0.29, 0.717) is 12.1 Å². The summed E-state index contributed by atoms with van der Waals surface area (Å²) in [5, 5.41) is 0. The fourth-order valence-electron chi connectivity index (χ4n) is 2.01. The van der Waals surface area contributed by atoms with Crippen LogP contribution in [0.2, 0.25) is 0 Å². The highest BCUT2D eigenvalue weighted by Gasteiger charge is 2.16. The van der Waals surface area contributed by atoms with Gasteiger partial charge in [-0.3, -0.25) is 4.79 Å². The van der Waals surface area contributed by atoms with Crippen molar-refractivity contribution in [2.24, 2.45) is 0 Å². The predicted octanol–water partition coefficient (Wildman–Crippen LogP) is 3.12. The van der Waals surface area contributed by atoms with Crippen LogP contribution in [-0.2, 0) is 16.1 Å². The number of nitrogens with one attached hydrogen (secondary N) is 1. The summed E-state index contributed by atoms with van der Waals surface area (Å²) < 4.78 is 18.9. The smallest absolute Gasteiger partial charge is 0.355 e. The van der Waals surface area contributed by atoms with Crippen molar-refractivity contribution in [1.82, 2.24) is 9.88 Å². The first-order chi connectivity index (χ1) is 11.0. The summed E-state index contributed by atoms with van der Waals surface area (Å²) in [5.74, 6) is -1.30. The zero-order valence-electron chi connectivity index (χ0n) is 12.5. The van der Waals surface area contributed by atoms with Crippen LogP contribution in [0.1, 0.15) is 23.0 Å². The van der Waals surface area contributed by atoms with Crippen LogP contribution in [0.15, 0.2) is 41.0 Å². The number of halogens is 2. The van der Waals surface area contributed by atoms with Crippen molar-refractivity contribution >= 4 is 27.8 Å². The van der Waals surface area contributed by atoms with Gasteiger partial charge in [0.15, 0.2) is 6.61 Å². The van der Waals surface area contributed by atoms with Crippen LogP contribution in [0, 0.1) is 5.82 Å². The van der Waals surface area contributed by atoms with Crippen LogP contribution >= 0.6 is 15.9 Å². The molecule has 0 spiro atoms. The van der Waals surface area contributed by atoms with E-state index >= 15 is 0 Å². The third kappa shape index (κ3) is 4.92. The van der Waals surface area contributed by atoms with E-state index < -0.39 is 5.97 Å². The molecule has 2 aromatic rings. The van der Waals surface area contributed by atoms with Crippen molar-refractivity contribution in [3.8, 4) is 0 Å². The fourth-order valence-corrected chi connectivity index (χ4v) is 2.36. The van der Waals surface area contributed by atoms with Crippen molar-refractivity contribution < 1.29 is 18.7 Å². The molecule has 0 bridgehead atoms. The standard InChI is InChI=1S/C16H16BrFN2O3/c1-2-20(9-11-4-3-5-13(18)6-11)15(21)10-23-16(22)14-7-12(17)8-19-14/h3-8,19H,2,9-10H2,1H3. The Labute approximate surface area is 141 Å². The second-order valence-electron chi connectivity index (χ2n) is 4.85. The quantitative estimate of drug-likeness (QED) is 0.780. The number of amides is 1. The second kappa shape index (κ2) is 7.92. The van der Waals surface area contributed by atoms with E-state index in [1.807, 2.05) is 0 Å². The maximum atomic E-state index is 13.2. The molecule has 0 saturated heterocycles. The minimum atomic E-state index is -0.606. The zero-order chi connectivity index (χ0) is 16.8. The maximum Gasteiger partial charge on any atom is 0.355 e. The summed E-state index contributed by atoms with van der Waals surface area (Å²) >= 11 is 3.21. The zero-order valence-corrected chi connectivity index (χ0v) is 14.1. The number of carbonyl (C=O) groups excluding carboxylic acids is 2. The highest BCUT2D eigenvalue weighted by Crippen LogP contribution is 2.12. The lowest BCUT2D eigenvalue weighted by Crippen LogP contribution is -2.34. The third-order valence-electron chi connectivity index (χ3n) is 3.19. The van der Waals surface area contributed by atoms with Gasteiger partial charge in [0, 0.05) is 23.8 Å². The number of carbonyl (C=O) groups is 2. The van der Waals surface area contributed by atoms with Crippen LogP contribution in [0.4, 0.5) is 4.39 Å². The molecule has 122 valence electrons. The Morgan fingerprint density at radius 3 is 2.74 bits per heavy atom. The summed E-state index contributed by atoms with van der Waals surface area (Å²) in [6.07, 6.45) is 1.60. The van der Waals surface area contributed by atoms with Crippen molar-refractivity contribution in [3.05, 3.63) is 58.1 Å². The number of aromatic amines is 1. The van der Waals surface area contributed by atoms with Gasteiger partial charge in [0.25, 0.3) is 5.91 Å². The van der Waals surface area contributed by atoms with Gasteiger partial charge in [-0.1, -0.05) is 12.1 Å². The van der Waals surface area contributed by atoms with Gasteiger partial charge in [0.1, 0.15) is 11.5 Å². The van der Waals surface area contributed by atoms with E-state index in [1.165, 1.54) is 17.0 Å². The SMILES string of the molecule is CCN(Cc1cccc(F)c1)C(=O)COC(=O)c1cc(Br)c[nH]1. The molecule has 1 aromatic heterocycles. The van der Waals surface area contributed by atoms with Crippen LogP contribution < -0.4 is 0 Å². The Morgan fingerprint density at radius 2 is 2.13 bits per heavy atom. The van der Waals surface area contributed by atoms with Crippen LogP contribution in [0.5, 0.6) is 0 Å². The lowest BCUT2D eigenvalue weighted by atomic mass is 10.2. The molecule has 0 fully saturated rings. The van der Waals surface area contributed by atoms with Crippen molar-refractivity contribution in [2.45, 2.75) is 13.5 Å². The van der Waals surface area contributed by atoms with Gasteiger partial charge in [-0.2, -0.15) is 0 Å². The molecule has 5 nitrogen and oxygen atoms in total. The van der Waals surface area contributed by atoms with Gasteiger partial charge in [0.05, 0.1) is 0 Å². The van der Waals surface area contributed by atoms with E-state index in [9.17, 15) is 14.0 Å². The van der Waals surface area contributed by atoms with E-state index in [-0.39, 0.29) is 30.6 Å². The van der Waals surface area contributed by atoms with Crippen molar-refractivity contribution in [1.29, 1.82) is 0 Å². The number of H-pyrrole nitrogens is 1. The molecule has 0 aliphatic heterocycles. The van der Waals surface area contributed by atoms with E-state index in [2.05, 4.69) is 20.9 Å². The van der Waals surface area contributed by atoms with Crippen LogP contribution in [0.3, 0.4) is 0 Å². The molecule has 1 amide bonds. The Kier molecular flexibility index (Phi) is 5.92. The molecule has 0 aliphatic carbocycles. The Morgan fingerprint density at radius 1 is 1.35 bits per heavy atom. The number of likely N-dealkylation sites (N-methyl/N-ethyl adjacent to an activating group) is 1. The number of hydrogen-bond acceptors (Lipinski definition) is 3. The third-order valence-corrected chi connectivity index (χ3v) is 3.65. The number of hydrogen-bond donors (Lipinski definition) is 1. The molecule has 23 heavy (non-hydrogen) atoms. The van der Waals surface area contributed by atoms with Crippen molar-refractivity contribution in [2.75, 3.05) is 13.2 Å². The lowest BCUT2D eigenvalue weighted by Gasteiger charge is -2.20. The first kappa shape index (κ1) is 17.2. The summed E-state index contributed by atoms with van der Waals surface area (Å²) in [4.78, 5) is 28.1. The molecule has 2 rings (SSSR count). The molecule has 1 N–H and O–H groups in total. The van der Waals surface area contributed by atoms with Gasteiger partial charge in [-0.25, -0.2) is 9.18 Å². The monoisotopic (exact) mass is 382 g/mol. The summed E-state index contributed by atoms with van der Waals surface area (Å²) in [6.45, 7) is 2.14. The maximum absolute atomic E-state index is 13.2. The molecular formula is C16H16BrFN2O3. The van der Waals surface area contributed by atoms with E-state index in [1.54, 1.807) is 31.3 Å². The molecule has 1 aromatic carbocycles. The predicted molar refractivity (Wildman–Crippen MR) is 86.3 cm³/mol. The van der Waals surface area contributed by atoms with Gasteiger partial charge >= 0.3 is 5.97 Å². The van der Waals surface area contributed by atoms with Gasteiger partial charge in [0.2, 0.25) is 0 Å². The molecule has 0 saturated carbocycles. The van der Waals surface area contributed by atoms with E-state index in [4.69, 9.17) is 4.74 Å². The largest absolute Gasteiger partial charge is 0.451 e.